The first-order valence-electron chi connectivity index (χ1n) is 12.8. The quantitative estimate of drug-likeness (QED) is 0.203. The van der Waals surface area contributed by atoms with Gasteiger partial charge in [-0.15, -0.1) is 11.3 Å². The molecule has 0 bridgehead atoms. The minimum Gasteiger partial charge on any atom is -0.500 e. The maximum Gasteiger partial charge on any atom is 0.337 e. The normalized spacial score (nSPS) is 18.5. The topological polar surface area (TPSA) is 137 Å². The number of nitrogens with zero attached hydrogens (tertiary/aromatic N) is 1. The van der Waals surface area contributed by atoms with Crippen LogP contribution in [0, 0.1) is 10.1 Å². The molecule has 0 saturated carbocycles. The number of nitrogens with one attached hydrogen (secondary N) is 1. The van der Waals surface area contributed by atoms with Crippen molar-refractivity contribution in [2.24, 2.45) is 0 Å². The molecule has 212 valence electrons. The summed E-state index contributed by atoms with van der Waals surface area (Å²) in [5.41, 5.74) is 2.03. The molecule has 2 atom stereocenters. The number of allylic oxidation sites excluding steroid dienone is 3. The molecule has 0 radical (unpaired) electrons. The lowest BCUT2D eigenvalue weighted by molar-refractivity contribution is -0.386. The van der Waals surface area contributed by atoms with E-state index in [0.29, 0.717) is 29.1 Å². The molecule has 2 aliphatic rings. The number of hydrogen-bond acceptors (Lipinski definition) is 10. The summed E-state index contributed by atoms with van der Waals surface area (Å²) >= 11 is 1.58. The zero-order chi connectivity index (χ0) is 29.3. The van der Waals surface area contributed by atoms with E-state index in [2.05, 4.69) is 5.32 Å². The maximum absolute atomic E-state index is 13.8. The summed E-state index contributed by atoms with van der Waals surface area (Å²) in [6.45, 7) is 1.68. The first-order valence-corrected chi connectivity index (χ1v) is 13.7. The molecule has 1 aliphatic heterocycles. The van der Waals surface area contributed by atoms with Crippen molar-refractivity contribution in [2.45, 2.75) is 38.2 Å². The fourth-order valence-electron chi connectivity index (χ4n) is 5.39. The van der Waals surface area contributed by atoms with E-state index in [1.54, 1.807) is 49.6 Å². The van der Waals surface area contributed by atoms with Crippen molar-refractivity contribution < 1.29 is 33.8 Å². The molecule has 0 saturated heterocycles. The minimum atomic E-state index is -0.973. The Morgan fingerprint density at radius 1 is 1.15 bits per heavy atom. The predicted octanol–water partition coefficient (Wildman–Crippen LogP) is 5.48. The van der Waals surface area contributed by atoms with Crippen LogP contribution in [-0.2, 0) is 20.9 Å². The Labute approximate surface area is 240 Å². The van der Waals surface area contributed by atoms with Gasteiger partial charge in [-0.05, 0) is 54.1 Å². The molecule has 0 amide bonds. The Hall–Kier alpha value is -4.64. The average Bonchev–Trinajstić information content (AvgIpc) is 3.50. The lowest BCUT2D eigenvalue weighted by atomic mass is 9.72. The molecule has 11 heteroatoms. The fourth-order valence-corrected chi connectivity index (χ4v) is 6.22. The van der Waals surface area contributed by atoms with E-state index in [1.807, 2.05) is 17.5 Å². The number of esters is 1. The summed E-state index contributed by atoms with van der Waals surface area (Å²) in [5.74, 6) is -1.97. The number of phenolic OH excluding ortho intramolecular Hbond substituents is 1. The maximum atomic E-state index is 13.8. The van der Waals surface area contributed by atoms with Gasteiger partial charge in [-0.2, -0.15) is 0 Å². The van der Waals surface area contributed by atoms with Gasteiger partial charge >= 0.3 is 11.7 Å². The minimum absolute atomic E-state index is 0.0329. The van der Waals surface area contributed by atoms with E-state index < -0.39 is 28.2 Å². The zero-order valence-corrected chi connectivity index (χ0v) is 23.4. The van der Waals surface area contributed by atoms with E-state index in [4.69, 9.17) is 14.2 Å². The molecule has 1 aromatic heterocycles. The predicted molar refractivity (Wildman–Crippen MR) is 151 cm³/mol. The van der Waals surface area contributed by atoms with E-state index >= 15 is 0 Å². The number of ketones is 1. The highest BCUT2D eigenvalue weighted by atomic mass is 32.1. The molecular formula is C30H28N2O8S. The average molecular weight is 577 g/mol. The third kappa shape index (κ3) is 5.40. The second kappa shape index (κ2) is 11.5. The number of rotatable bonds is 8. The number of carbonyl (C=O) groups excluding carboxylic acids is 2. The molecule has 5 rings (SSSR count). The van der Waals surface area contributed by atoms with Crippen LogP contribution < -0.4 is 14.8 Å². The summed E-state index contributed by atoms with van der Waals surface area (Å²) in [5, 5.41) is 27.5. The Morgan fingerprint density at radius 2 is 1.90 bits per heavy atom. The molecule has 10 nitrogen and oxygen atoms in total. The van der Waals surface area contributed by atoms with Crippen molar-refractivity contribution in [2.75, 3.05) is 14.2 Å². The number of nitro benzene ring substituents is 1. The van der Waals surface area contributed by atoms with E-state index in [-0.39, 0.29) is 41.6 Å². The molecule has 1 aliphatic carbocycles. The molecule has 0 spiro atoms. The van der Waals surface area contributed by atoms with Crippen LogP contribution in [0.25, 0.3) is 0 Å². The van der Waals surface area contributed by atoms with Crippen LogP contribution in [0.15, 0.2) is 76.5 Å². The Morgan fingerprint density at radius 3 is 2.54 bits per heavy atom. The van der Waals surface area contributed by atoms with Gasteiger partial charge in [-0.1, -0.05) is 18.2 Å². The molecule has 2 heterocycles. The number of nitro groups is 1. The van der Waals surface area contributed by atoms with Crippen molar-refractivity contribution in [3.8, 4) is 17.2 Å². The number of carbonyl (C=O) groups is 2. The van der Waals surface area contributed by atoms with Gasteiger partial charge in [0.05, 0.1) is 24.7 Å². The van der Waals surface area contributed by atoms with Gasteiger partial charge in [0.1, 0.15) is 12.4 Å². The third-order valence-electron chi connectivity index (χ3n) is 7.35. The number of thiophene rings is 1. The number of aromatic hydroxyl groups is 1. The van der Waals surface area contributed by atoms with E-state index in [0.717, 1.165) is 10.4 Å². The van der Waals surface area contributed by atoms with E-state index in [9.17, 15) is 24.8 Å². The highest BCUT2D eigenvalue weighted by molar-refractivity contribution is 7.10. The number of benzene rings is 2. The summed E-state index contributed by atoms with van der Waals surface area (Å²) in [4.78, 5) is 39.6. The van der Waals surface area contributed by atoms with Crippen LogP contribution in [0.1, 0.15) is 47.6 Å². The number of ether oxygens (including phenoxy) is 3. The number of Topliss-reactive ketones (excluding diaryl/α,β-unsaturated/α-hetero) is 1. The Kier molecular flexibility index (Phi) is 7.80. The number of dihydropyridines is 1. The van der Waals surface area contributed by atoms with E-state index in [1.165, 1.54) is 19.2 Å². The van der Waals surface area contributed by atoms with Crippen LogP contribution in [0.5, 0.6) is 17.2 Å². The number of hydrogen-bond donors (Lipinski definition) is 2. The Balaban J connectivity index is 1.58. The molecule has 0 unspecified atom stereocenters. The zero-order valence-electron chi connectivity index (χ0n) is 22.6. The van der Waals surface area contributed by atoms with Gasteiger partial charge in [0, 0.05) is 46.2 Å². The molecule has 2 N–H and O–H groups in total. The summed E-state index contributed by atoms with van der Waals surface area (Å²) in [6.07, 6.45) is 0.753. The van der Waals surface area contributed by atoms with Crippen molar-refractivity contribution in [1.29, 1.82) is 0 Å². The molecule has 3 aromatic rings. The van der Waals surface area contributed by atoms with Crippen LogP contribution in [0.4, 0.5) is 5.69 Å². The third-order valence-corrected chi connectivity index (χ3v) is 8.38. The van der Waals surface area contributed by atoms with Gasteiger partial charge in [-0.25, -0.2) is 4.79 Å². The van der Waals surface area contributed by atoms with Crippen LogP contribution in [0.2, 0.25) is 0 Å². The van der Waals surface area contributed by atoms with Crippen molar-refractivity contribution in [3.63, 3.8) is 0 Å². The first kappa shape index (κ1) is 27.9. The van der Waals surface area contributed by atoms with Crippen molar-refractivity contribution in [3.05, 3.63) is 103 Å². The lowest BCUT2D eigenvalue weighted by Gasteiger charge is -2.36. The summed E-state index contributed by atoms with van der Waals surface area (Å²) < 4.78 is 16.1. The standard InChI is InChI=1S/C30H28N2O8S/c1-16-26(30(35)40-15-17-6-8-20(38-2)9-7-17)27(19-12-22(32(36)37)29(34)24(14-19)39-3)28-21(31-16)11-18(13-23(28)33)25-5-4-10-41-25/h4-10,12,14,18,27,31,34H,11,13,15H2,1-3H3/t18-,27-/m0/s1. The second-order valence-electron chi connectivity index (χ2n) is 9.80. The summed E-state index contributed by atoms with van der Waals surface area (Å²) in [6, 6.07) is 13.6. The van der Waals surface area contributed by atoms with Crippen LogP contribution in [-0.4, -0.2) is 36.0 Å². The van der Waals surface area contributed by atoms with Crippen LogP contribution in [0.3, 0.4) is 0 Å². The largest absolute Gasteiger partial charge is 0.500 e. The number of methoxy groups -OCH3 is 2. The van der Waals surface area contributed by atoms with Crippen molar-refractivity contribution >= 4 is 28.8 Å². The second-order valence-corrected chi connectivity index (χ2v) is 10.8. The molecule has 0 fully saturated rings. The number of phenols is 1. The van der Waals surface area contributed by atoms with Gasteiger partial charge < -0.3 is 24.6 Å². The fraction of sp³-hybridized carbons (Fsp3) is 0.267. The smallest absolute Gasteiger partial charge is 0.337 e. The van der Waals surface area contributed by atoms with Crippen molar-refractivity contribution in [1.82, 2.24) is 5.32 Å². The van der Waals surface area contributed by atoms with Gasteiger partial charge in [0.2, 0.25) is 5.75 Å². The SMILES string of the molecule is COc1ccc(COC(=O)C2=C(C)NC3=C(C(=O)C[C@@H](c4cccs4)C3)[C@H]2c2cc(OC)c(O)c([N+](=O)[O-])c2)cc1. The Bertz CT molecular complexity index is 1570. The van der Waals surface area contributed by atoms with Gasteiger partial charge in [-0.3, -0.25) is 14.9 Å². The highest BCUT2D eigenvalue weighted by Gasteiger charge is 2.42. The monoisotopic (exact) mass is 576 g/mol. The van der Waals surface area contributed by atoms with Gasteiger partial charge in [0.15, 0.2) is 11.5 Å². The highest BCUT2D eigenvalue weighted by Crippen LogP contribution is 2.49. The lowest BCUT2D eigenvalue weighted by Crippen LogP contribution is -2.36. The first-order chi connectivity index (χ1) is 19.7. The molecule has 2 aromatic carbocycles. The summed E-state index contributed by atoms with van der Waals surface area (Å²) in [7, 11) is 2.83. The molecular weight excluding hydrogens is 548 g/mol. The molecule has 41 heavy (non-hydrogen) atoms. The van der Waals surface area contributed by atoms with Crippen LogP contribution >= 0.6 is 11.3 Å². The van der Waals surface area contributed by atoms with Gasteiger partial charge in [0.25, 0.3) is 0 Å².